The van der Waals surface area contributed by atoms with Crippen molar-refractivity contribution >= 4 is 18.0 Å². The molecule has 2 N–H and O–H groups in total. The Kier molecular flexibility index (Phi) is 7.30. The summed E-state index contributed by atoms with van der Waals surface area (Å²) in [6, 6.07) is 16.3. The summed E-state index contributed by atoms with van der Waals surface area (Å²) in [5.41, 5.74) is 4.65. The van der Waals surface area contributed by atoms with Crippen LogP contribution in [-0.2, 0) is 14.3 Å². The normalized spacial score (nSPS) is 15.1. The van der Waals surface area contributed by atoms with E-state index in [9.17, 15) is 14.4 Å². The SMILES string of the molecule is C=CCN(CC(=O)O)C(=O)CC(CNC(=O)OCC1c2ccccc2-c2ccccc21)C1CC1. The van der Waals surface area contributed by atoms with Gasteiger partial charge in [-0.15, -0.1) is 6.58 Å². The lowest BCUT2D eigenvalue weighted by Gasteiger charge is -2.23. The Hall–Kier alpha value is -3.61. The number of carbonyl (C=O) groups excluding carboxylic acids is 2. The summed E-state index contributed by atoms with van der Waals surface area (Å²) in [7, 11) is 0. The van der Waals surface area contributed by atoms with Gasteiger partial charge in [0.1, 0.15) is 13.2 Å². The number of benzene rings is 2. The predicted molar refractivity (Wildman–Crippen MR) is 128 cm³/mol. The van der Waals surface area contributed by atoms with Crippen molar-refractivity contribution in [3.05, 3.63) is 72.3 Å². The molecule has 1 atom stereocenters. The molecule has 4 rings (SSSR count). The summed E-state index contributed by atoms with van der Waals surface area (Å²) in [5.74, 6) is -1.01. The first-order chi connectivity index (χ1) is 16.5. The summed E-state index contributed by atoms with van der Waals surface area (Å²) >= 11 is 0. The van der Waals surface area contributed by atoms with E-state index in [4.69, 9.17) is 9.84 Å². The van der Waals surface area contributed by atoms with E-state index in [0.29, 0.717) is 12.5 Å². The first kappa shape index (κ1) is 23.5. The lowest BCUT2D eigenvalue weighted by atomic mass is 9.98. The number of aliphatic carboxylic acids is 1. The van der Waals surface area contributed by atoms with Gasteiger partial charge < -0.3 is 20.1 Å². The van der Waals surface area contributed by atoms with Crippen LogP contribution < -0.4 is 5.32 Å². The van der Waals surface area contributed by atoms with Gasteiger partial charge in [0.05, 0.1) is 0 Å². The number of fused-ring (bicyclic) bond motifs is 3. The van der Waals surface area contributed by atoms with E-state index in [0.717, 1.165) is 24.0 Å². The van der Waals surface area contributed by atoms with Crippen molar-refractivity contribution in [3.8, 4) is 11.1 Å². The number of amides is 2. The van der Waals surface area contributed by atoms with Gasteiger partial charge in [-0.2, -0.15) is 0 Å². The molecule has 0 bridgehead atoms. The number of ether oxygens (including phenoxy) is 1. The number of hydrogen-bond donors (Lipinski definition) is 2. The lowest BCUT2D eigenvalue weighted by Crippen LogP contribution is -2.39. The number of nitrogens with one attached hydrogen (secondary N) is 1. The molecule has 0 aliphatic heterocycles. The maximum absolute atomic E-state index is 12.7. The fourth-order valence-electron chi connectivity index (χ4n) is 4.76. The number of hydrogen-bond acceptors (Lipinski definition) is 4. The highest BCUT2D eigenvalue weighted by molar-refractivity contribution is 5.82. The van der Waals surface area contributed by atoms with Crippen molar-refractivity contribution in [2.45, 2.75) is 25.2 Å². The highest BCUT2D eigenvalue weighted by Gasteiger charge is 2.34. The average Bonchev–Trinajstić information content (AvgIpc) is 3.62. The van der Waals surface area contributed by atoms with Gasteiger partial charge >= 0.3 is 12.1 Å². The van der Waals surface area contributed by atoms with E-state index < -0.39 is 12.1 Å². The van der Waals surface area contributed by atoms with Crippen LogP contribution in [0.2, 0.25) is 0 Å². The van der Waals surface area contributed by atoms with E-state index in [1.165, 1.54) is 22.1 Å². The first-order valence-electron chi connectivity index (χ1n) is 11.7. The number of carboxylic acid groups (broad SMARTS) is 1. The third-order valence-electron chi connectivity index (χ3n) is 6.61. The Bertz CT molecular complexity index is 1030. The maximum atomic E-state index is 12.7. The molecule has 0 heterocycles. The summed E-state index contributed by atoms with van der Waals surface area (Å²) in [6.07, 6.45) is 3.21. The maximum Gasteiger partial charge on any atom is 0.407 e. The fourth-order valence-corrected chi connectivity index (χ4v) is 4.76. The van der Waals surface area contributed by atoms with Crippen LogP contribution in [0.1, 0.15) is 36.3 Å². The van der Waals surface area contributed by atoms with Gasteiger partial charge in [0, 0.05) is 25.4 Å². The van der Waals surface area contributed by atoms with Crippen molar-refractivity contribution in [3.63, 3.8) is 0 Å². The third kappa shape index (κ3) is 5.47. The molecule has 0 spiro atoms. The van der Waals surface area contributed by atoms with Crippen LogP contribution in [0.5, 0.6) is 0 Å². The molecule has 2 aromatic carbocycles. The van der Waals surface area contributed by atoms with Crippen LogP contribution in [0, 0.1) is 11.8 Å². The number of rotatable bonds is 11. The predicted octanol–water partition coefficient (Wildman–Crippen LogP) is 4.04. The molecule has 178 valence electrons. The molecule has 1 unspecified atom stereocenters. The Morgan fingerprint density at radius 2 is 1.71 bits per heavy atom. The molecule has 0 aromatic heterocycles. The number of carbonyl (C=O) groups is 3. The van der Waals surface area contributed by atoms with Gasteiger partial charge in [0.15, 0.2) is 0 Å². The zero-order valence-corrected chi connectivity index (χ0v) is 19.1. The molecule has 2 amide bonds. The molecule has 0 radical (unpaired) electrons. The molecule has 0 saturated heterocycles. The Morgan fingerprint density at radius 1 is 1.09 bits per heavy atom. The van der Waals surface area contributed by atoms with Gasteiger partial charge in [-0.05, 0) is 46.9 Å². The van der Waals surface area contributed by atoms with Gasteiger partial charge in [-0.1, -0.05) is 54.6 Å². The van der Waals surface area contributed by atoms with Crippen molar-refractivity contribution in [2.75, 3.05) is 26.2 Å². The van der Waals surface area contributed by atoms with E-state index in [-0.39, 0.29) is 43.9 Å². The molecule has 1 saturated carbocycles. The van der Waals surface area contributed by atoms with Crippen LogP contribution in [0.3, 0.4) is 0 Å². The van der Waals surface area contributed by atoms with Crippen molar-refractivity contribution in [2.24, 2.45) is 11.8 Å². The van der Waals surface area contributed by atoms with E-state index in [2.05, 4.69) is 36.2 Å². The lowest BCUT2D eigenvalue weighted by molar-refractivity contribution is -0.144. The highest BCUT2D eigenvalue weighted by Crippen LogP contribution is 2.44. The van der Waals surface area contributed by atoms with Gasteiger partial charge in [-0.3, -0.25) is 9.59 Å². The quantitative estimate of drug-likeness (QED) is 0.492. The number of carboxylic acids is 1. The second-order valence-corrected chi connectivity index (χ2v) is 8.96. The molecule has 7 nitrogen and oxygen atoms in total. The Balaban J connectivity index is 1.32. The molecular formula is C27H30N2O5. The minimum atomic E-state index is -1.06. The summed E-state index contributed by atoms with van der Waals surface area (Å²) in [4.78, 5) is 37.5. The second-order valence-electron chi connectivity index (χ2n) is 8.96. The zero-order valence-electron chi connectivity index (χ0n) is 19.1. The minimum Gasteiger partial charge on any atom is -0.480 e. The molecule has 2 aliphatic rings. The highest BCUT2D eigenvalue weighted by atomic mass is 16.5. The standard InChI is InChI=1S/C27H30N2O5/c1-2-13-29(16-26(31)32)25(30)14-19(18-11-12-18)15-28-27(33)34-17-24-22-9-5-3-7-20(22)21-8-4-6-10-23(21)24/h2-10,18-19,24H,1,11-17H2,(H,28,33)(H,31,32). The van der Waals surface area contributed by atoms with Gasteiger partial charge in [-0.25, -0.2) is 4.79 Å². The Morgan fingerprint density at radius 3 is 2.26 bits per heavy atom. The summed E-state index contributed by atoms with van der Waals surface area (Å²) in [5, 5.41) is 11.9. The van der Waals surface area contributed by atoms with Crippen LogP contribution in [0.25, 0.3) is 11.1 Å². The average molecular weight is 463 g/mol. The van der Waals surface area contributed by atoms with E-state index >= 15 is 0 Å². The fraction of sp³-hybridized carbons (Fsp3) is 0.370. The van der Waals surface area contributed by atoms with Crippen molar-refractivity contribution in [1.82, 2.24) is 10.2 Å². The van der Waals surface area contributed by atoms with Crippen LogP contribution in [-0.4, -0.2) is 54.2 Å². The van der Waals surface area contributed by atoms with Crippen LogP contribution in [0.15, 0.2) is 61.2 Å². The first-order valence-corrected chi connectivity index (χ1v) is 11.7. The van der Waals surface area contributed by atoms with E-state index in [1.54, 1.807) is 0 Å². The van der Waals surface area contributed by atoms with Crippen molar-refractivity contribution in [1.29, 1.82) is 0 Å². The van der Waals surface area contributed by atoms with E-state index in [1.807, 2.05) is 24.3 Å². The number of alkyl carbamates (subject to hydrolysis) is 1. The summed E-state index contributed by atoms with van der Waals surface area (Å²) < 4.78 is 5.60. The third-order valence-corrected chi connectivity index (χ3v) is 6.61. The molecule has 34 heavy (non-hydrogen) atoms. The summed E-state index contributed by atoms with van der Waals surface area (Å²) in [6.45, 7) is 3.98. The minimum absolute atomic E-state index is 0.0116. The second kappa shape index (κ2) is 10.5. The van der Waals surface area contributed by atoms with Gasteiger partial charge in [0.2, 0.25) is 5.91 Å². The zero-order chi connectivity index (χ0) is 24.1. The molecular weight excluding hydrogens is 432 g/mol. The Labute approximate surface area is 199 Å². The van der Waals surface area contributed by atoms with Gasteiger partial charge in [0.25, 0.3) is 0 Å². The molecule has 1 fully saturated rings. The smallest absolute Gasteiger partial charge is 0.407 e. The molecule has 7 heteroatoms. The largest absolute Gasteiger partial charge is 0.480 e. The van der Waals surface area contributed by atoms with Crippen LogP contribution >= 0.6 is 0 Å². The number of nitrogens with zero attached hydrogens (tertiary/aromatic N) is 1. The van der Waals surface area contributed by atoms with Crippen LogP contribution in [0.4, 0.5) is 4.79 Å². The van der Waals surface area contributed by atoms with Crippen molar-refractivity contribution < 1.29 is 24.2 Å². The molecule has 2 aromatic rings. The molecule has 2 aliphatic carbocycles. The topological polar surface area (TPSA) is 95.9 Å². The monoisotopic (exact) mass is 462 g/mol.